The van der Waals surface area contributed by atoms with Crippen molar-refractivity contribution in [2.45, 2.75) is 96.6 Å². The Morgan fingerprint density at radius 2 is 1.61 bits per heavy atom. The van der Waals surface area contributed by atoms with Crippen LogP contribution in [-0.4, -0.2) is 12.3 Å². The summed E-state index contributed by atoms with van der Waals surface area (Å²) < 4.78 is 0. The van der Waals surface area contributed by atoms with Crippen molar-refractivity contribution in [1.29, 1.82) is 0 Å². The van der Waals surface area contributed by atoms with Crippen LogP contribution in [0.3, 0.4) is 0 Å². The molecule has 9 rings (SSSR count). The van der Waals surface area contributed by atoms with E-state index in [1.807, 2.05) is 0 Å². The van der Waals surface area contributed by atoms with Gasteiger partial charge in [-0.3, -0.25) is 16.0 Å². The van der Waals surface area contributed by atoms with Gasteiger partial charge in [0.25, 0.3) is 0 Å². The molecule has 51 heavy (non-hydrogen) atoms. The van der Waals surface area contributed by atoms with Crippen molar-refractivity contribution in [2.75, 3.05) is 0 Å². The smallest absolute Gasteiger partial charge is 0.0862 e. The van der Waals surface area contributed by atoms with Crippen LogP contribution in [0.5, 0.6) is 0 Å². The molecule has 2 fully saturated rings. The molecule has 3 N–H and O–H groups in total. The highest BCUT2D eigenvalue weighted by atomic mass is 15.4. The van der Waals surface area contributed by atoms with Gasteiger partial charge in [0.1, 0.15) is 0 Å². The minimum absolute atomic E-state index is 0.0759. The third-order valence-electron chi connectivity index (χ3n) is 13.8. The highest BCUT2D eigenvalue weighted by molar-refractivity contribution is 5.48. The average molecular weight is 676 g/mol. The molecule has 1 aliphatic heterocycles. The van der Waals surface area contributed by atoms with Gasteiger partial charge in [-0.05, 0) is 121 Å². The molecular weight excluding hydrogens is 619 g/mol. The summed E-state index contributed by atoms with van der Waals surface area (Å²) >= 11 is 0. The Bertz CT molecular complexity index is 1800. The minimum atomic E-state index is 0.0759. The fourth-order valence-electron chi connectivity index (χ4n) is 11.1. The van der Waals surface area contributed by atoms with Crippen LogP contribution in [0, 0.1) is 40.9 Å². The first-order valence-electron chi connectivity index (χ1n) is 20.3. The van der Waals surface area contributed by atoms with E-state index in [2.05, 4.69) is 145 Å². The Hall–Kier alpha value is -3.50. The fraction of sp³-hybridized carbons (Fsp3) is 0.458. The Kier molecular flexibility index (Phi) is 9.25. The van der Waals surface area contributed by atoms with Crippen LogP contribution in [0.15, 0.2) is 149 Å². The van der Waals surface area contributed by atoms with Gasteiger partial charge in [0.05, 0.1) is 18.5 Å². The molecule has 1 aromatic carbocycles. The Labute approximate surface area is 306 Å². The first-order chi connectivity index (χ1) is 25.0. The zero-order valence-corrected chi connectivity index (χ0v) is 30.7. The fourth-order valence-corrected chi connectivity index (χ4v) is 11.1. The number of nitrogens with one attached hydrogen (secondary N) is 3. The number of hydrogen-bond donors (Lipinski definition) is 3. The van der Waals surface area contributed by atoms with E-state index in [-0.39, 0.29) is 18.5 Å². The van der Waals surface area contributed by atoms with Gasteiger partial charge < -0.3 is 0 Å². The summed E-state index contributed by atoms with van der Waals surface area (Å²) in [7, 11) is 0. The van der Waals surface area contributed by atoms with E-state index in [0.717, 1.165) is 49.9 Å². The monoisotopic (exact) mass is 675 g/mol. The van der Waals surface area contributed by atoms with E-state index >= 15 is 0 Å². The maximum atomic E-state index is 4.06. The van der Waals surface area contributed by atoms with Gasteiger partial charge in [-0.15, -0.1) is 0 Å². The zero-order valence-electron chi connectivity index (χ0n) is 30.7. The highest BCUT2D eigenvalue weighted by Gasteiger charge is 2.52. The molecule has 264 valence electrons. The van der Waals surface area contributed by atoms with Gasteiger partial charge in [0.2, 0.25) is 0 Å². The van der Waals surface area contributed by atoms with Crippen molar-refractivity contribution >= 4 is 0 Å². The molecule has 3 nitrogen and oxygen atoms in total. The standard InChI is InChI=1S/C48H57N3/c1-48(2)43-25-10-9-24-41(43)42-27-26-38(31-44(42)48)36-20-11-19-35(28-36)37-21-13-23-40(30-37)47-50-45(33-16-7-4-8-17-33)49-46(51-47)39-22-12-18-34(29-39)32-14-5-3-6-15-32/h4-5,7-9,12-19,21-24,28,31,34,38,40-43,45-47,49-51H,3,6,10-11,20,25-27,29-30H2,1-2H3. The molecule has 9 atom stereocenters. The highest BCUT2D eigenvalue weighted by Crippen LogP contribution is 2.61. The number of benzene rings is 1. The molecule has 0 bridgehead atoms. The van der Waals surface area contributed by atoms with Crippen molar-refractivity contribution in [1.82, 2.24) is 16.0 Å². The predicted molar refractivity (Wildman–Crippen MR) is 212 cm³/mol. The molecule has 1 saturated heterocycles. The van der Waals surface area contributed by atoms with Crippen LogP contribution < -0.4 is 16.0 Å². The molecule has 3 heteroatoms. The molecule has 1 saturated carbocycles. The second kappa shape index (κ2) is 14.1. The SMILES string of the molecule is CC1(C)C2=CC(C3=CC(C4=CC=CC(C5NC(C6=CC=CC(C7=CCCC=C7)C6)NC(c6ccccc6)N5)C4)=CCC3)CCC2C2C=CCCC21. The summed E-state index contributed by atoms with van der Waals surface area (Å²) in [6.45, 7) is 5.11. The maximum Gasteiger partial charge on any atom is 0.0862 e. The van der Waals surface area contributed by atoms with Crippen molar-refractivity contribution in [3.63, 3.8) is 0 Å². The second-order valence-electron chi connectivity index (χ2n) is 17.1. The number of hydrogen-bond acceptors (Lipinski definition) is 3. The van der Waals surface area contributed by atoms with Gasteiger partial charge in [-0.2, -0.15) is 0 Å². The zero-order chi connectivity index (χ0) is 34.4. The predicted octanol–water partition coefficient (Wildman–Crippen LogP) is 10.6. The largest absolute Gasteiger partial charge is 0.282 e. The summed E-state index contributed by atoms with van der Waals surface area (Å²) in [6, 6.07) is 10.9. The van der Waals surface area contributed by atoms with Crippen LogP contribution >= 0.6 is 0 Å². The Morgan fingerprint density at radius 3 is 2.49 bits per heavy atom. The van der Waals surface area contributed by atoms with Gasteiger partial charge in [-0.1, -0.05) is 140 Å². The van der Waals surface area contributed by atoms with Crippen LogP contribution in [0.25, 0.3) is 0 Å². The number of allylic oxidation sites excluding steroid dienone is 18. The molecule has 0 spiro atoms. The second-order valence-corrected chi connectivity index (χ2v) is 17.1. The van der Waals surface area contributed by atoms with Crippen molar-refractivity contribution < 1.29 is 0 Å². The summed E-state index contributed by atoms with van der Waals surface area (Å²) in [6.07, 6.45) is 46.7. The molecule has 7 aliphatic carbocycles. The number of rotatable bonds is 6. The molecule has 0 radical (unpaired) electrons. The van der Waals surface area contributed by atoms with Crippen LogP contribution in [-0.2, 0) is 0 Å². The Balaban J connectivity index is 0.927. The van der Waals surface area contributed by atoms with Crippen molar-refractivity contribution in [3.05, 3.63) is 154 Å². The van der Waals surface area contributed by atoms with Gasteiger partial charge in [0.15, 0.2) is 0 Å². The van der Waals surface area contributed by atoms with Gasteiger partial charge in [0, 0.05) is 11.8 Å². The lowest BCUT2D eigenvalue weighted by atomic mass is 9.71. The first kappa shape index (κ1) is 33.3. The van der Waals surface area contributed by atoms with E-state index in [0.29, 0.717) is 23.2 Å². The lowest BCUT2D eigenvalue weighted by Crippen LogP contribution is -2.66. The molecule has 1 aromatic rings. The summed E-state index contributed by atoms with van der Waals surface area (Å²) in [5, 5.41) is 12.0. The normalized spacial score (nSPS) is 36.9. The van der Waals surface area contributed by atoms with E-state index in [4.69, 9.17) is 0 Å². The lowest BCUT2D eigenvalue weighted by Gasteiger charge is -2.44. The molecular formula is C48H57N3. The average Bonchev–Trinajstić information content (AvgIpc) is 3.44. The van der Waals surface area contributed by atoms with Crippen LogP contribution in [0.2, 0.25) is 0 Å². The quantitative estimate of drug-likeness (QED) is 0.263. The third kappa shape index (κ3) is 6.56. The summed E-state index contributed by atoms with van der Waals surface area (Å²) in [4.78, 5) is 0. The van der Waals surface area contributed by atoms with Gasteiger partial charge >= 0.3 is 0 Å². The third-order valence-corrected chi connectivity index (χ3v) is 13.8. The molecule has 8 aliphatic rings. The van der Waals surface area contributed by atoms with E-state index in [1.165, 1.54) is 60.0 Å². The molecule has 0 amide bonds. The molecule has 1 heterocycles. The van der Waals surface area contributed by atoms with E-state index < -0.39 is 0 Å². The van der Waals surface area contributed by atoms with Crippen molar-refractivity contribution in [2.24, 2.45) is 40.9 Å². The Morgan fingerprint density at radius 1 is 0.725 bits per heavy atom. The maximum absolute atomic E-state index is 4.06. The van der Waals surface area contributed by atoms with Crippen molar-refractivity contribution in [3.8, 4) is 0 Å². The minimum Gasteiger partial charge on any atom is -0.282 e. The topological polar surface area (TPSA) is 36.1 Å². The van der Waals surface area contributed by atoms with Crippen LogP contribution in [0.4, 0.5) is 0 Å². The first-order valence-corrected chi connectivity index (χ1v) is 20.3. The number of fused-ring (bicyclic) bond motifs is 3. The molecule has 9 unspecified atom stereocenters. The van der Waals surface area contributed by atoms with E-state index in [9.17, 15) is 0 Å². The summed E-state index contributed by atoms with van der Waals surface area (Å²) in [5.74, 6) is 3.76. The van der Waals surface area contributed by atoms with Gasteiger partial charge in [-0.25, -0.2) is 0 Å². The summed E-state index contributed by atoms with van der Waals surface area (Å²) in [5.41, 5.74) is 10.9. The molecule has 0 aromatic heterocycles. The van der Waals surface area contributed by atoms with Crippen LogP contribution in [0.1, 0.15) is 89.8 Å². The lowest BCUT2D eigenvalue weighted by molar-refractivity contribution is 0.182. The van der Waals surface area contributed by atoms with E-state index in [1.54, 1.807) is 11.1 Å².